The Morgan fingerprint density at radius 2 is 1.24 bits per heavy atom. The highest BCUT2D eigenvalue weighted by molar-refractivity contribution is 5.67. The maximum Gasteiger partial charge on any atom is 0.142 e. The van der Waals surface area contributed by atoms with Gasteiger partial charge in [0.05, 0.1) is 6.61 Å². The zero-order valence-corrected chi connectivity index (χ0v) is 16.0. The molecule has 0 unspecified atom stereocenters. The molecule has 0 heterocycles. The lowest BCUT2D eigenvalue weighted by Crippen LogP contribution is -1.77. The molecular formula is C25H28F2O2. The number of hydrogen-bond acceptors (Lipinski definition) is 2. The first-order valence-electron chi connectivity index (χ1n) is 8.71. The summed E-state index contributed by atoms with van der Waals surface area (Å²) in [7, 11) is 0. The summed E-state index contributed by atoms with van der Waals surface area (Å²) in [6.07, 6.45) is 11.1. The molecule has 154 valence electrons. The molecule has 0 aliphatic carbocycles. The number of carbonyl (C=O) groups is 1. The van der Waals surface area contributed by atoms with Crippen LogP contribution in [-0.4, -0.2) is 18.0 Å². The summed E-state index contributed by atoms with van der Waals surface area (Å²) in [5.41, 5.74) is 3.83. The molecule has 0 saturated heterocycles. The van der Waals surface area contributed by atoms with Gasteiger partial charge in [-0.25, -0.2) is 8.78 Å². The molecule has 0 bridgehead atoms. The van der Waals surface area contributed by atoms with Crippen LogP contribution < -0.4 is 0 Å². The van der Waals surface area contributed by atoms with Gasteiger partial charge in [-0.05, 0) is 55.3 Å². The summed E-state index contributed by atoms with van der Waals surface area (Å²) in [5.74, 6) is -0.478. The number of hydrogen-bond donors (Lipinski definition) is 1. The van der Waals surface area contributed by atoms with E-state index in [0.717, 1.165) is 28.6 Å². The average Bonchev–Trinajstić information content (AvgIpc) is 2.69. The van der Waals surface area contributed by atoms with Crippen LogP contribution in [0.5, 0.6) is 0 Å². The number of rotatable bonds is 6. The topological polar surface area (TPSA) is 37.3 Å². The van der Waals surface area contributed by atoms with E-state index < -0.39 is 0 Å². The Hall–Kier alpha value is -3.11. The fourth-order valence-electron chi connectivity index (χ4n) is 2.17. The van der Waals surface area contributed by atoms with Gasteiger partial charge < -0.3 is 5.11 Å². The number of aldehydes is 1. The minimum atomic E-state index is -0.247. The van der Waals surface area contributed by atoms with Gasteiger partial charge in [-0.2, -0.15) is 0 Å². The second-order valence-corrected chi connectivity index (χ2v) is 5.96. The molecule has 1 N–H and O–H groups in total. The van der Waals surface area contributed by atoms with Gasteiger partial charge in [-0.1, -0.05) is 73.2 Å². The summed E-state index contributed by atoms with van der Waals surface area (Å²) in [6, 6.07) is 12.5. The van der Waals surface area contributed by atoms with Crippen molar-refractivity contribution in [2.24, 2.45) is 0 Å². The van der Waals surface area contributed by atoms with Gasteiger partial charge in [0.1, 0.15) is 17.9 Å². The maximum absolute atomic E-state index is 12.6. The molecule has 29 heavy (non-hydrogen) atoms. The Labute approximate surface area is 172 Å². The molecule has 0 aliphatic rings. The molecule has 0 aliphatic heterocycles. The van der Waals surface area contributed by atoms with Gasteiger partial charge >= 0.3 is 0 Å². The zero-order chi connectivity index (χ0) is 20.8. The number of aliphatic hydroxyl groups excluding tert-OH is 1. The number of aliphatic hydroxyl groups is 1. The fraction of sp³-hybridized carbons (Fsp3) is 0.160. The smallest absolute Gasteiger partial charge is 0.142 e. The van der Waals surface area contributed by atoms with Crippen LogP contribution in [0.3, 0.4) is 0 Å². The minimum absolute atomic E-state index is 0. The van der Waals surface area contributed by atoms with E-state index in [-0.39, 0.29) is 25.7 Å². The number of halogens is 2. The van der Waals surface area contributed by atoms with Crippen molar-refractivity contribution in [2.75, 3.05) is 6.61 Å². The van der Waals surface area contributed by atoms with Gasteiger partial charge in [0.2, 0.25) is 0 Å². The van der Waals surface area contributed by atoms with Gasteiger partial charge in [0.15, 0.2) is 0 Å². The first-order chi connectivity index (χ1) is 13.4. The summed E-state index contributed by atoms with van der Waals surface area (Å²) in [4.78, 5) is 10.0. The van der Waals surface area contributed by atoms with Crippen LogP contribution in [0, 0.1) is 11.6 Å². The molecule has 0 spiro atoms. The zero-order valence-electron chi connectivity index (χ0n) is 16.0. The third-order valence-electron chi connectivity index (χ3n) is 3.45. The van der Waals surface area contributed by atoms with E-state index in [2.05, 4.69) is 0 Å². The van der Waals surface area contributed by atoms with E-state index >= 15 is 0 Å². The van der Waals surface area contributed by atoms with Gasteiger partial charge in [0, 0.05) is 0 Å². The van der Waals surface area contributed by atoms with Crippen molar-refractivity contribution in [1.82, 2.24) is 0 Å². The van der Waals surface area contributed by atoms with Crippen molar-refractivity contribution in [1.29, 1.82) is 0 Å². The lowest BCUT2D eigenvalue weighted by molar-refractivity contribution is -0.104. The van der Waals surface area contributed by atoms with Crippen LogP contribution in [0.2, 0.25) is 0 Å². The molecule has 0 radical (unpaired) electrons. The molecule has 2 rings (SSSR count). The normalized spacial score (nSPS) is 11.8. The Morgan fingerprint density at radius 1 is 0.828 bits per heavy atom. The van der Waals surface area contributed by atoms with Gasteiger partial charge in [-0.3, -0.25) is 4.79 Å². The van der Waals surface area contributed by atoms with Crippen LogP contribution in [0.25, 0.3) is 12.2 Å². The Morgan fingerprint density at radius 3 is 1.62 bits per heavy atom. The molecule has 0 atom stereocenters. The van der Waals surface area contributed by atoms with Crippen LogP contribution in [-0.2, 0) is 4.79 Å². The highest BCUT2D eigenvalue weighted by atomic mass is 19.1. The molecule has 2 nitrogen and oxygen atoms in total. The lowest BCUT2D eigenvalue weighted by atomic mass is 10.1. The van der Waals surface area contributed by atoms with Crippen molar-refractivity contribution in [3.8, 4) is 0 Å². The van der Waals surface area contributed by atoms with Crippen molar-refractivity contribution in [3.05, 3.63) is 107 Å². The van der Waals surface area contributed by atoms with Crippen LogP contribution in [0.15, 0.2) is 84.0 Å². The standard InChI is InChI=1S/C12H13FO.C12H11FO.CH4/c2*1-10(3-2-8-14)9-11-4-6-12(13)7-5-11;/h2-7,9,14H,8H2,1H3;2-9H,1H3;1H4/b2*3-2+,10-9+;. The second kappa shape index (κ2) is 14.9. The van der Waals surface area contributed by atoms with Crippen LogP contribution in [0.4, 0.5) is 8.78 Å². The van der Waals surface area contributed by atoms with E-state index in [1.807, 2.05) is 32.1 Å². The largest absolute Gasteiger partial charge is 0.392 e. The highest BCUT2D eigenvalue weighted by Crippen LogP contribution is 2.09. The van der Waals surface area contributed by atoms with Crippen molar-refractivity contribution in [2.45, 2.75) is 21.3 Å². The van der Waals surface area contributed by atoms with E-state index in [4.69, 9.17) is 5.11 Å². The molecule has 4 heteroatoms. The Balaban J connectivity index is 0.000000523. The van der Waals surface area contributed by atoms with E-state index in [9.17, 15) is 13.6 Å². The SMILES string of the molecule is C.CC(/C=C/C=O)=C\c1ccc(F)cc1.CC(/C=C/CO)=C\c1ccc(F)cc1. The van der Waals surface area contributed by atoms with Crippen LogP contribution >= 0.6 is 0 Å². The first-order valence-corrected chi connectivity index (χ1v) is 8.71. The molecule has 2 aromatic carbocycles. The molecule has 0 amide bonds. The molecule has 0 saturated carbocycles. The maximum atomic E-state index is 12.6. The number of benzene rings is 2. The molecule has 0 fully saturated rings. The van der Waals surface area contributed by atoms with E-state index in [1.165, 1.54) is 30.3 Å². The first kappa shape index (κ1) is 25.9. The van der Waals surface area contributed by atoms with Crippen molar-refractivity contribution < 1.29 is 18.7 Å². The number of carbonyl (C=O) groups excluding carboxylic acids is 1. The van der Waals surface area contributed by atoms with Crippen molar-refractivity contribution >= 4 is 18.4 Å². The predicted octanol–water partition coefficient (Wildman–Crippen LogP) is 6.40. The van der Waals surface area contributed by atoms with Crippen LogP contribution in [0.1, 0.15) is 32.4 Å². The van der Waals surface area contributed by atoms with Gasteiger partial charge in [-0.15, -0.1) is 0 Å². The monoisotopic (exact) mass is 398 g/mol. The molecule has 2 aromatic rings. The molecular weight excluding hydrogens is 370 g/mol. The Bertz CT molecular complexity index is 843. The van der Waals surface area contributed by atoms with Crippen molar-refractivity contribution in [3.63, 3.8) is 0 Å². The summed E-state index contributed by atoms with van der Waals surface area (Å²) in [6.45, 7) is 3.84. The summed E-state index contributed by atoms with van der Waals surface area (Å²) in [5, 5.41) is 8.55. The predicted molar refractivity (Wildman–Crippen MR) is 118 cm³/mol. The second-order valence-electron chi connectivity index (χ2n) is 5.96. The average molecular weight is 398 g/mol. The van der Waals surface area contributed by atoms with Gasteiger partial charge in [0.25, 0.3) is 0 Å². The summed E-state index contributed by atoms with van der Waals surface area (Å²) < 4.78 is 25.1. The third-order valence-corrected chi connectivity index (χ3v) is 3.45. The van der Waals surface area contributed by atoms with E-state index in [1.54, 1.807) is 36.4 Å². The number of allylic oxidation sites excluding steroid dienone is 5. The highest BCUT2D eigenvalue weighted by Gasteiger charge is 1.91. The quantitative estimate of drug-likeness (QED) is 0.347. The minimum Gasteiger partial charge on any atom is -0.392 e. The lowest BCUT2D eigenvalue weighted by Gasteiger charge is -1.95. The Kier molecular flexibility index (Phi) is 13.3. The molecule has 0 aromatic heterocycles. The summed E-state index contributed by atoms with van der Waals surface area (Å²) >= 11 is 0. The van der Waals surface area contributed by atoms with E-state index in [0.29, 0.717) is 0 Å². The fourth-order valence-corrected chi connectivity index (χ4v) is 2.17. The third kappa shape index (κ3) is 12.1.